The number of halogens is 3. The molecule has 0 saturated carbocycles. The maximum Gasteiger partial charge on any atom is 0.451 e. The summed E-state index contributed by atoms with van der Waals surface area (Å²) >= 11 is 1.30. The Morgan fingerprint density at radius 2 is 2.17 bits per heavy atom. The van der Waals surface area contributed by atoms with Gasteiger partial charge < -0.3 is 10.2 Å². The normalized spacial score (nSPS) is 14.2. The Bertz CT molecular complexity index is 762. The smallest absolute Gasteiger partial charge is 0.351 e. The SMILES string of the molecule is CNC(=O)Nc1nc2c(s1)CN(c1ccnc(C(F)(F)F)n1)CC2. The first-order valence-corrected chi connectivity index (χ1v) is 7.81. The molecule has 24 heavy (non-hydrogen) atoms. The van der Waals surface area contributed by atoms with Crippen LogP contribution in [-0.4, -0.2) is 34.6 Å². The van der Waals surface area contributed by atoms with Crippen molar-refractivity contribution < 1.29 is 18.0 Å². The Hall–Kier alpha value is -2.43. The second-order valence-electron chi connectivity index (χ2n) is 5.00. The van der Waals surface area contributed by atoms with Crippen molar-refractivity contribution in [1.29, 1.82) is 0 Å². The second kappa shape index (κ2) is 6.23. The van der Waals surface area contributed by atoms with Crippen LogP contribution in [0.3, 0.4) is 0 Å². The van der Waals surface area contributed by atoms with Gasteiger partial charge in [-0.3, -0.25) is 5.32 Å². The zero-order valence-corrected chi connectivity index (χ0v) is 13.3. The van der Waals surface area contributed by atoms with Crippen molar-refractivity contribution in [3.8, 4) is 0 Å². The van der Waals surface area contributed by atoms with Crippen LogP contribution in [-0.2, 0) is 19.1 Å². The maximum absolute atomic E-state index is 12.7. The molecule has 0 fully saturated rings. The van der Waals surface area contributed by atoms with Crippen molar-refractivity contribution in [3.05, 3.63) is 28.7 Å². The van der Waals surface area contributed by atoms with Crippen LogP contribution in [0.1, 0.15) is 16.4 Å². The molecule has 2 amide bonds. The summed E-state index contributed by atoms with van der Waals surface area (Å²) in [5, 5.41) is 5.49. The van der Waals surface area contributed by atoms with Crippen molar-refractivity contribution in [2.75, 3.05) is 23.8 Å². The molecule has 0 unspecified atom stereocenters. The van der Waals surface area contributed by atoms with E-state index in [0.29, 0.717) is 24.6 Å². The molecule has 1 aliphatic rings. The van der Waals surface area contributed by atoms with Crippen LogP contribution in [0.5, 0.6) is 0 Å². The molecule has 3 heterocycles. The van der Waals surface area contributed by atoms with Gasteiger partial charge in [-0.2, -0.15) is 13.2 Å². The Morgan fingerprint density at radius 1 is 1.38 bits per heavy atom. The van der Waals surface area contributed by atoms with Gasteiger partial charge >= 0.3 is 12.2 Å². The molecule has 0 aromatic carbocycles. The first-order valence-electron chi connectivity index (χ1n) is 6.99. The second-order valence-corrected chi connectivity index (χ2v) is 6.08. The lowest BCUT2D eigenvalue weighted by Crippen LogP contribution is -2.31. The van der Waals surface area contributed by atoms with Gasteiger partial charge in [-0.1, -0.05) is 11.3 Å². The highest BCUT2D eigenvalue weighted by molar-refractivity contribution is 7.15. The third-order valence-corrected chi connectivity index (χ3v) is 4.40. The molecular weight excluding hydrogens is 345 g/mol. The van der Waals surface area contributed by atoms with Crippen LogP contribution in [0.2, 0.25) is 0 Å². The van der Waals surface area contributed by atoms with E-state index >= 15 is 0 Å². The molecule has 2 N–H and O–H groups in total. The number of rotatable bonds is 2. The van der Waals surface area contributed by atoms with Crippen molar-refractivity contribution in [3.63, 3.8) is 0 Å². The number of nitrogens with zero attached hydrogens (tertiary/aromatic N) is 4. The van der Waals surface area contributed by atoms with Crippen molar-refractivity contribution >= 4 is 28.3 Å². The maximum atomic E-state index is 12.7. The van der Waals surface area contributed by atoms with Gasteiger partial charge in [0.2, 0.25) is 5.82 Å². The van der Waals surface area contributed by atoms with Crippen molar-refractivity contribution in [1.82, 2.24) is 20.3 Å². The number of nitrogens with one attached hydrogen (secondary N) is 2. The number of hydrogen-bond donors (Lipinski definition) is 2. The molecule has 128 valence electrons. The van der Waals surface area contributed by atoms with Gasteiger partial charge in [-0.15, -0.1) is 0 Å². The summed E-state index contributed by atoms with van der Waals surface area (Å²) < 4.78 is 38.2. The summed E-state index contributed by atoms with van der Waals surface area (Å²) in [6, 6.07) is 1.08. The van der Waals surface area contributed by atoms with E-state index in [-0.39, 0.29) is 11.8 Å². The summed E-state index contributed by atoms with van der Waals surface area (Å²) in [5.74, 6) is -0.936. The average molecular weight is 358 g/mol. The van der Waals surface area contributed by atoms with E-state index in [9.17, 15) is 18.0 Å². The Labute approximate surface area is 138 Å². The molecule has 2 aromatic heterocycles. The van der Waals surface area contributed by atoms with Gasteiger partial charge in [0.25, 0.3) is 0 Å². The number of alkyl halides is 3. The fraction of sp³-hybridized carbons (Fsp3) is 0.385. The number of aromatic nitrogens is 3. The van der Waals surface area contributed by atoms with E-state index in [1.54, 1.807) is 4.90 Å². The van der Waals surface area contributed by atoms with E-state index in [0.717, 1.165) is 16.8 Å². The van der Waals surface area contributed by atoms with Crippen LogP contribution in [0.15, 0.2) is 12.3 Å². The van der Waals surface area contributed by atoms with Crippen LogP contribution in [0.4, 0.5) is 28.9 Å². The molecule has 0 spiro atoms. The van der Waals surface area contributed by atoms with E-state index < -0.39 is 12.0 Å². The van der Waals surface area contributed by atoms with E-state index in [1.165, 1.54) is 24.5 Å². The van der Waals surface area contributed by atoms with Gasteiger partial charge in [0, 0.05) is 31.1 Å². The molecule has 3 rings (SSSR count). The third kappa shape index (κ3) is 3.40. The number of carbonyl (C=O) groups excluding carboxylic acids is 1. The van der Waals surface area contributed by atoms with E-state index in [4.69, 9.17) is 0 Å². The third-order valence-electron chi connectivity index (χ3n) is 3.40. The van der Waals surface area contributed by atoms with Crippen LogP contribution in [0.25, 0.3) is 0 Å². The lowest BCUT2D eigenvalue weighted by Gasteiger charge is -2.27. The Kier molecular flexibility index (Phi) is 4.26. The number of hydrogen-bond acceptors (Lipinski definition) is 6. The van der Waals surface area contributed by atoms with Crippen LogP contribution >= 0.6 is 11.3 Å². The largest absolute Gasteiger partial charge is 0.451 e. The summed E-state index contributed by atoms with van der Waals surface area (Å²) in [6.45, 7) is 0.876. The molecule has 0 aliphatic carbocycles. The Morgan fingerprint density at radius 3 is 2.88 bits per heavy atom. The molecule has 0 radical (unpaired) electrons. The highest BCUT2D eigenvalue weighted by atomic mass is 32.1. The zero-order chi connectivity index (χ0) is 17.3. The minimum Gasteiger partial charge on any atom is -0.351 e. The van der Waals surface area contributed by atoms with E-state index in [1.807, 2.05) is 0 Å². The van der Waals surface area contributed by atoms with Crippen molar-refractivity contribution in [2.45, 2.75) is 19.1 Å². The molecule has 1 aliphatic heterocycles. The summed E-state index contributed by atoms with van der Waals surface area (Å²) in [6.07, 6.45) is -2.91. The fourth-order valence-corrected chi connectivity index (χ4v) is 3.28. The topological polar surface area (TPSA) is 83.0 Å². The number of fused-ring (bicyclic) bond motifs is 1. The number of urea groups is 1. The lowest BCUT2D eigenvalue weighted by atomic mass is 10.2. The minimum atomic E-state index is -4.58. The first-order chi connectivity index (χ1) is 11.4. The van der Waals surface area contributed by atoms with E-state index in [2.05, 4.69) is 25.6 Å². The highest BCUT2D eigenvalue weighted by Crippen LogP contribution is 2.31. The monoisotopic (exact) mass is 358 g/mol. The molecule has 0 bridgehead atoms. The highest BCUT2D eigenvalue weighted by Gasteiger charge is 2.35. The Balaban J connectivity index is 1.79. The molecular formula is C13H13F3N6OS. The van der Waals surface area contributed by atoms with Gasteiger partial charge in [0.15, 0.2) is 5.13 Å². The standard InChI is InChI=1S/C13H13F3N6OS/c1-17-11(23)21-12-19-7-3-5-22(6-8(7)24-12)9-2-4-18-10(20-9)13(14,15)16/h2,4H,3,5-6H2,1H3,(H2,17,19,21,23). The summed E-state index contributed by atoms with van der Waals surface area (Å²) in [5.41, 5.74) is 0.841. The fourth-order valence-electron chi connectivity index (χ4n) is 2.27. The average Bonchev–Trinajstić information content (AvgIpc) is 2.95. The minimum absolute atomic E-state index is 0.220. The predicted octanol–water partition coefficient (Wildman–Crippen LogP) is 2.27. The van der Waals surface area contributed by atoms with Gasteiger partial charge in [-0.05, 0) is 6.07 Å². The predicted molar refractivity (Wildman–Crippen MR) is 82.0 cm³/mol. The van der Waals surface area contributed by atoms with Gasteiger partial charge in [-0.25, -0.2) is 19.7 Å². The lowest BCUT2D eigenvalue weighted by molar-refractivity contribution is -0.144. The number of carbonyl (C=O) groups is 1. The molecule has 7 nitrogen and oxygen atoms in total. The summed E-state index contributed by atoms with van der Waals surface area (Å²) in [7, 11) is 1.50. The van der Waals surface area contributed by atoms with Crippen LogP contribution < -0.4 is 15.5 Å². The molecule has 0 atom stereocenters. The number of anilines is 2. The van der Waals surface area contributed by atoms with Gasteiger partial charge in [0.1, 0.15) is 5.82 Å². The first kappa shape index (κ1) is 16.4. The zero-order valence-electron chi connectivity index (χ0n) is 12.5. The summed E-state index contributed by atoms with van der Waals surface area (Å²) in [4.78, 5) is 25.2. The van der Waals surface area contributed by atoms with Crippen LogP contribution in [0, 0.1) is 0 Å². The van der Waals surface area contributed by atoms with Gasteiger partial charge in [0.05, 0.1) is 12.2 Å². The quantitative estimate of drug-likeness (QED) is 0.861. The number of thiazole rings is 1. The number of amides is 2. The molecule has 2 aromatic rings. The van der Waals surface area contributed by atoms with Crippen molar-refractivity contribution in [2.24, 2.45) is 0 Å². The molecule has 11 heteroatoms. The molecule has 0 saturated heterocycles.